The number of thiocarbonyl (C=S) groups is 1. The van der Waals surface area contributed by atoms with E-state index in [4.69, 9.17) is 22.7 Å². The van der Waals surface area contributed by atoms with Crippen molar-refractivity contribution < 1.29 is 13.2 Å². The molecule has 1 aliphatic rings. The van der Waals surface area contributed by atoms with Gasteiger partial charge in [0.15, 0.2) is 0 Å². The maximum absolute atomic E-state index is 12.2. The standard InChI is InChI=1S/C12H18N4O3S2/c1-16-4-5-19-9(8-16)6-15-21(17,18)10-2-3-11(12(13)20)14-7-10/h2-3,7,9,15H,4-6,8H2,1H3,(H2,13,20). The van der Waals surface area contributed by atoms with Gasteiger partial charge in [0.05, 0.1) is 18.4 Å². The zero-order chi connectivity index (χ0) is 15.5. The third kappa shape index (κ3) is 4.42. The number of aromatic nitrogens is 1. The van der Waals surface area contributed by atoms with Gasteiger partial charge in [0, 0.05) is 25.8 Å². The van der Waals surface area contributed by atoms with Crippen molar-refractivity contribution in [2.45, 2.75) is 11.0 Å². The van der Waals surface area contributed by atoms with Crippen molar-refractivity contribution in [2.75, 3.05) is 33.3 Å². The van der Waals surface area contributed by atoms with Crippen LogP contribution in [0.1, 0.15) is 5.69 Å². The Morgan fingerprint density at radius 1 is 1.62 bits per heavy atom. The van der Waals surface area contributed by atoms with Gasteiger partial charge in [-0.05, 0) is 19.2 Å². The van der Waals surface area contributed by atoms with E-state index in [-0.39, 0.29) is 22.5 Å². The fraction of sp³-hybridized carbons (Fsp3) is 0.500. The molecule has 1 saturated heterocycles. The first-order valence-corrected chi connectivity index (χ1v) is 8.33. The number of rotatable bonds is 5. The molecule has 0 radical (unpaired) electrons. The summed E-state index contributed by atoms with van der Waals surface area (Å²) in [6.45, 7) is 2.38. The molecule has 2 heterocycles. The molecule has 1 aromatic heterocycles. The first-order valence-electron chi connectivity index (χ1n) is 6.44. The number of nitrogens with zero attached hydrogens (tertiary/aromatic N) is 2. The van der Waals surface area contributed by atoms with Crippen LogP contribution in [0.4, 0.5) is 0 Å². The first kappa shape index (κ1) is 16.2. The second kappa shape index (κ2) is 6.75. The quantitative estimate of drug-likeness (QED) is 0.691. The number of ether oxygens (including phenoxy) is 1. The van der Waals surface area contributed by atoms with Crippen molar-refractivity contribution in [1.82, 2.24) is 14.6 Å². The average Bonchev–Trinajstić information content (AvgIpc) is 2.45. The summed E-state index contributed by atoms with van der Waals surface area (Å²) in [6, 6.07) is 2.92. The number of nitrogens with one attached hydrogen (secondary N) is 1. The molecule has 9 heteroatoms. The van der Waals surface area contributed by atoms with Crippen molar-refractivity contribution >= 4 is 27.2 Å². The molecule has 116 valence electrons. The second-order valence-corrected chi connectivity index (χ2v) is 7.06. The van der Waals surface area contributed by atoms with Crippen LogP contribution in [0.2, 0.25) is 0 Å². The largest absolute Gasteiger partial charge is 0.388 e. The van der Waals surface area contributed by atoms with Crippen molar-refractivity contribution in [1.29, 1.82) is 0 Å². The summed E-state index contributed by atoms with van der Waals surface area (Å²) >= 11 is 4.78. The van der Waals surface area contributed by atoms with Crippen LogP contribution in [0.3, 0.4) is 0 Å². The molecule has 1 aromatic rings. The Balaban J connectivity index is 1.99. The van der Waals surface area contributed by atoms with Crippen molar-refractivity contribution in [3.8, 4) is 0 Å². The Morgan fingerprint density at radius 2 is 2.38 bits per heavy atom. The van der Waals surface area contributed by atoms with Crippen LogP contribution in [-0.2, 0) is 14.8 Å². The summed E-state index contributed by atoms with van der Waals surface area (Å²) in [7, 11) is -1.64. The molecule has 7 nitrogen and oxygen atoms in total. The lowest BCUT2D eigenvalue weighted by Crippen LogP contribution is -2.45. The van der Waals surface area contributed by atoms with Crippen LogP contribution in [-0.4, -0.2) is 62.7 Å². The summed E-state index contributed by atoms with van der Waals surface area (Å²) in [5.74, 6) is 0. The monoisotopic (exact) mass is 330 g/mol. The predicted octanol–water partition coefficient (Wildman–Crippen LogP) is -0.675. The highest BCUT2D eigenvalue weighted by Crippen LogP contribution is 2.09. The van der Waals surface area contributed by atoms with Crippen LogP contribution >= 0.6 is 12.2 Å². The van der Waals surface area contributed by atoms with E-state index in [2.05, 4.69) is 14.6 Å². The van der Waals surface area contributed by atoms with Gasteiger partial charge in [-0.15, -0.1) is 0 Å². The summed E-state index contributed by atoms with van der Waals surface area (Å²) < 4.78 is 32.3. The van der Waals surface area contributed by atoms with Gasteiger partial charge in [0.2, 0.25) is 10.0 Å². The number of nitrogens with two attached hydrogens (primary N) is 1. The van der Waals surface area contributed by atoms with Gasteiger partial charge in [-0.2, -0.15) is 0 Å². The highest BCUT2D eigenvalue weighted by Gasteiger charge is 2.21. The van der Waals surface area contributed by atoms with E-state index in [1.165, 1.54) is 18.3 Å². The zero-order valence-electron chi connectivity index (χ0n) is 11.7. The van der Waals surface area contributed by atoms with Crippen LogP contribution in [0.15, 0.2) is 23.2 Å². The fourth-order valence-corrected chi connectivity index (χ4v) is 3.09. The minimum Gasteiger partial charge on any atom is -0.388 e. The Hall–Kier alpha value is -1.13. The number of hydrogen-bond acceptors (Lipinski definition) is 6. The maximum atomic E-state index is 12.2. The minimum absolute atomic E-state index is 0.0756. The molecule has 1 fully saturated rings. The SMILES string of the molecule is CN1CCOC(CNS(=O)(=O)c2ccc(C(N)=S)nc2)C1. The fourth-order valence-electron chi connectivity index (χ4n) is 1.96. The highest BCUT2D eigenvalue weighted by molar-refractivity contribution is 7.89. The van der Waals surface area contributed by atoms with Crippen LogP contribution in [0.25, 0.3) is 0 Å². The Labute approximate surface area is 129 Å². The van der Waals surface area contributed by atoms with E-state index < -0.39 is 10.0 Å². The first-order chi connectivity index (χ1) is 9.88. The van der Waals surface area contributed by atoms with E-state index in [1.807, 2.05) is 7.05 Å². The topological polar surface area (TPSA) is 97.5 Å². The molecule has 0 amide bonds. The molecule has 0 spiro atoms. The van der Waals surface area contributed by atoms with Crippen molar-refractivity contribution in [2.24, 2.45) is 5.73 Å². The van der Waals surface area contributed by atoms with Gasteiger partial charge in [0.25, 0.3) is 0 Å². The molecule has 0 aliphatic carbocycles. The van der Waals surface area contributed by atoms with Crippen molar-refractivity contribution in [3.63, 3.8) is 0 Å². The summed E-state index contributed by atoms with van der Waals surface area (Å²) in [5, 5.41) is 0. The average molecular weight is 330 g/mol. The molecule has 3 N–H and O–H groups in total. The van der Waals surface area contributed by atoms with Gasteiger partial charge in [-0.3, -0.25) is 4.98 Å². The van der Waals surface area contributed by atoms with Gasteiger partial charge in [0.1, 0.15) is 9.88 Å². The molecule has 1 unspecified atom stereocenters. The normalized spacial score (nSPS) is 20.3. The Kier molecular flexibility index (Phi) is 5.22. The number of pyridine rings is 1. The van der Waals surface area contributed by atoms with E-state index in [0.29, 0.717) is 18.8 Å². The third-order valence-electron chi connectivity index (χ3n) is 3.14. The minimum atomic E-state index is -3.61. The number of sulfonamides is 1. The van der Waals surface area contributed by atoms with Gasteiger partial charge in [-0.1, -0.05) is 12.2 Å². The van der Waals surface area contributed by atoms with E-state index in [9.17, 15) is 8.42 Å². The number of hydrogen-bond donors (Lipinski definition) is 2. The van der Waals surface area contributed by atoms with Crippen LogP contribution in [0.5, 0.6) is 0 Å². The summed E-state index contributed by atoms with van der Waals surface area (Å²) in [6.07, 6.45) is 1.09. The highest BCUT2D eigenvalue weighted by atomic mass is 32.2. The lowest BCUT2D eigenvalue weighted by atomic mass is 10.3. The van der Waals surface area contributed by atoms with Crippen LogP contribution < -0.4 is 10.5 Å². The molecule has 0 aromatic carbocycles. The maximum Gasteiger partial charge on any atom is 0.242 e. The lowest BCUT2D eigenvalue weighted by Gasteiger charge is -2.30. The summed E-state index contributed by atoms with van der Waals surface area (Å²) in [4.78, 5) is 6.23. The Bertz CT molecular complexity index is 603. The smallest absolute Gasteiger partial charge is 0.242 e. The van der Waals surface area contributed by atoms with Gasteiger partial charge < -0.3 is 15.4 Å². The van der Waals surface area contributed by atoms with Gasteiger partial charge >= 0.3 is 0 Å². The molecular weight excluding hydrogens is 312 g/mol. The van der Waals surface area contributed by atoms with E-state index in [1.54, 1.807) is 0 Å². The molecule has 0 bridgehead atoms. The molecule has 0 saturated carbocycles. The number of morpholine rings is 1. The predicted molar refractivity (Wildman–Crippen MR) is 82.5 cm³/mol. The molecule has 1 aliphatic heterocycles. The van der Waals surface area contributed by atoms with Crippen molar-refractivity contribution in [3.05, 3.63) is 24.0 Å². The zero-order valence-corrected chi connectivity index (χ0v) is 13.3. The number of likely N-dealkylation sites (N-methyl/N-ethyl adjacent to an activating group) is 1. The lowest BCUT2D eigenvalue weighted by molar-refractivity contribution is -0.0156. The van der Waals surface area contributed by atoms with E-state index >= 15 is 0 Å². The molecule has 1 atom stereocenters. The molecule has 2 rings (SSSR count). The Morgan fingerprint density at radius 3 is 2.95 bits per heavy atom. The van der Waals surface area contributed by atoms with Crippen LogP contribution in [0, 0.1) is 0 Å². The molecular formula is C12H18N4O3S2. The second-order valence-electron chi connectivity index (χ2n) is 4.85. The van der Waals surface area contributed by atoms with E-state index in [0.717, 1.165) is 6.54 Å². The summed E-state index contributed by atoms with van der Waals surface area (Å²) in [5.41, 5.74) is 5.81. The molecule has 21 heavy (non-hydrogen) atoms. The third-order valence-corrected chi connectivity index (χ3v) is 4.76. The van der Waals surface area contributed by atoms with Gasteiger partial charge in [-0.25, -0.2) is 13.1 Å².